The molecule has 1 aliphatic rings. The fourth-order valence-corrected chi connectivity index (χ4v) is 2.65. The Morgan fingerprint density at radius 1 is 1.43 bits per heavy atom. The minimum absolute atomic E-state index is 0.424. The SMILES string of the molecule is Cc1ccc(I)cc1C1CCC(=O)C1. The van der Waals surface area contributed by atoms with Gasteiger partial charge in [0.2, 0.25) is 0 Å². The van der Waals surface area contributed by atoms with Crippen LogP contribution in [0.3, 0.4) is 0 Å². The van der Waals surface area contributed by atoms with Gasteiger partial charge in [-0.1, -0.05) is 6.07 Å². The van der Waals surface area contributed by atoms with Crippen molar-refractivity contribution in [2.24, 2.45) is 0 Å². The quantitative estimate of drug-likeness (QED) is 0.726. The Labute approximate surface area is 98.0 Å². The molecule has 14 heavy (non-hydrogen) atoms. The van der Waals surface area contributed by atoms with Gasteiger partial charge in [0.1, 0.15) is 5.78 Å². The first-order chi connectivity index (χ1) is 6.66. The summed E-state index contributed by atoms with van der Waals surface area (Å²) in [4.78, 5) is 11.2. The van der Waals surface area contributed by atoms with Crippen LogP contribution >= 0.6 is 22.6 Å². The van der Waals surface area contributed by atoms with Crippen molar-refractivity contribution in [2.45, 2.75) is 32.1 Å². The van der Waals surface area contributed by atoms with E-state index < -0.39 is 0 Å². The van der Waals surface area contributed by atoms with Crippen LogP contribution in [0.1, 0.15) is 36.3 Å². The molecular formula is C12H13IO. The van der Waals surface area contributed by atoms with Crippen molar-refractivity contribution in [1.29, 1.82) is 0 Å². The van der Waals surface area contributed by atoms with E-state index in [1.54, 1.807) is 0 Å². The Morgan fingerprint density at radius 3 is 2.86 bits per heavy atom. The van der Waals surface area contributed by atoms with E-state index in [0.717, 1.165) is 19.3 Å². The zero-order valence-electron chi connectivity index (χ0n) is 8.22. The fourth-order valence-electron chi connectivity index (χ4n) is 2.13. The van der Waals surface area contributed by atoms with Crippen LogP contribution in [0.4, 0.5) is 0 Å². The highest BCUT2D eigenvalue weighted by Gasteiger charge is 2.24. The first-order valence-corrected chi connectivity index (χ1v) is 6.02. The number of halogens is 1. The highest BCUT2D eigenvalue weighted by atomic mass is 127. The zero-order chi connectivity index (χ0) is 10.1. The van der Waals surface area contributed by atoms with Crippen LogP contribution in [0.15, 0.2) is 18.2 Å². The van der Waals surface area contributed by atoms with E-state index >= 15 is 0 Å². The van der Waals surface area contributed by atoms with Crippen LogP contribution in [0.2, 0.25) is 0 Å². The minimum Gasteiger partial charge on any atom is -0.300 e. The van der Waals surface area contributed by atoms with Crippen molar-refractivity contribution in [2.75, 3.05) is 0 Å². The number of Topliss-reactive ketones (excluding diaryl/α,β-unsaturated/α-hetero) is 1. The van der Waals surface area contributed by atoms with Gasteiger partial charge in [0.15, 0.2) is 0 Å². The summed E-state index contributed by atoms with van der Waals surface area (Å²) in [5.41, 5.74) is 2.70. The molecule has 1 aromatic rings. The Bertz CT molecular complexity index is 371. The molecule has 0 N–H and O–H groups in total. The van der Waals surface area contributed by atoms with Crippen LogP contribution in [0.5, 0.6) is 0 Å². The van der Waals surface area contributed by atoms with E-state index in [-0.39, 0.29) is 0 Å². The standard InChI is InChI=1S/C12H13IO/c1-8-2-4-10(13)7-12(8)9-3-5-11(14)6-9/h2,4,7,9H,3,5-6H2,1H3. The largest absolute Gasteiger partial charge is 0.300 e. The molecule has 1 aliphatic carbocycles. The number of hydrogen-bond acceptors (Lipinski definition) is 1. The van der Waals surface area contributed by atoms with Gasteiger partial charge >= 0.3 is 0 Å². The predicted octanol–water partition coefficient (Wildman–Crippen LogP) is 3.44. The van der Waals surface area contributed by atoms with Gasteiger partial charge in [-0.05, 0) is 65.1 Å². The number of hydrogen-bond donors (Lipinski definition) is 0. The maximum Gasteiger partial charge on any atom is 0.133 e. The summed E-state index contributed by atoms with van der Waals surface area (Å²) in [6.07, 6.45) is 2.57. The summed E-state index contributed by atoms with van der Waals surface area (Å²) in [6, 6.07) is 6.50. The van der Waals surface area contributed by atoms with Crippen molar-refractivity contribution in [1.82, 2.24) is 0 Å². The maximum atomic E-state index is 11.2. The van der Waals surface area contributed by atoms with Crippen LogP contribution < -0.4 is 0 Å². The molecule has 0 aromatic heterocycles. The molecule has 0 bridgehead atoms. The Balaban J connectivity index is 2.31. The third-order valence-electron chi connectivity index (χ3n) is 2.93. The molecule has 0 radical (unpaired) electrons. The highest BCUT2D eigenvalue weighted by molar-refractivity contribution is 14.1. The van der Waals surface area contributed by atoms with Gasteiger partial charge in [0.05, 0.1) is 0 Å². The smallest absolute Gasteiger partial charge is 0.133 e. The average molecular weight is 300 g/mol. The number of benzene rings is 1. The van der Waals surface area contributed by atoms with Gasteiger partial charge in [0.25, 0.3) is 0 Å². The molecule has 0 saturated heterocycles. The normalized spacial score (nSPS) is 21.6. The zero-order valence-corrected chi connectivity index (χ0v) is 10.4. The highest BCUT2D eigenvalue weighted by Crippen LogP contribution is 2.34. The average Bonchev–Trinajstić information content (AvgIpc) is 2.56. The second-order valence-corrected chi connectivity index (χ2v) is 5.22. The molecule has 0 aliphatic heterocycles. The first kappa shape index (κ1) is 10.1. The van der Waals surface area contributed by atoms with Crippen LogP contribution in [0.25, 0.3) is 0 Å². The molecule has 1 fully saturated rings. The van der Waals surface area contributed by atoms with Crippen molar-refractivity contribution in [3.05, 3.63) is 32.9 Å². The summed E-state index contributed by atoms with van der Waals surface area (Å²) in [7, 11) is 0. The number of ketones is 1. The third kappa shape index (κ3) is 2.00. The Hall–Kier alpha value is -0.380. The van der Waals surface area contributed by atoms with Crippen LogP contribution in [0, 0.1) is 10.5 Å². The summed E-state index contributed by atoms with van der Waals surface area (Å²) < 4.78 is 1.27. The number of carbonyl (C=O) groups excluding carboxylic acids is 1. The van der Waals surface area contributed by atoms with E-state index in [9.17, 15) is 4.79 Å². The lowest BCUT2D eigenvalue weighted by molar-refractivity contribution is -0.117. The molecule has 74 valence electrons. The molecular weight excluding hydrogens is 287 g/mol. The molecule has 2 rings (SSSR count). The summed E-state index contributed by atoms with van der Waals surface area (Å²) in [6.45, 7) is 2.13. The maximum absolute atomic E-state index is 11.2. The molecule has 1 atom stereocenters. The van der Waals surface area contributed by atoms with Gasteiger partial charge in [0, 0.05) is 16.4 Å². The lowest BCUT2D eigenvalue weighted by Crippen LogP contribution is -1.97. The monoisotopic (exact) mass is 300 g/mol. The molecule has 1 saturated carbocycles. The third-order valence-corrected chi connectivity index (χ3v) is 3.60. The molecule has 0 amide bonds. The Morgan fingerprint density at radius 2 is 2.21 bits per heavy atom. The van der Waals surface area contributed by atoms with E-state index in [0.29, 0.717) is 11.7 Å². The lowest BCUT2D eigenvalue weighted by atomic mass is 9.94. The molecule has 1 unspecified atom stereocenters. The van der Waals surface area contributed by atoms with Gasteiger partial charge < -0.3 is 0 Å². The van der Waals surface area contributed by atoms with E-state index in [2.05, 4.69) is 47.7 Å². The second-order valence-electron chi connectivity index (χ2n) is 3.98. The number of carbonyl (C=O) groups is 1. The molecule has 1 nitrogen and oxygen atoms in total. The van der Waals surface area contributed by atoms with Gasteiger partial charge in [-0.3, -0.25) is 4.79 Å². The first-order valence-electron chi connectivity index (χ1n) is 4.94. The van der Waals surface area contributed by atoms with Gasteiger partial charge in [-0.15, -0.1) is 0 Å². The van der Waals surface area contributed by atoms with Crippen molar-refractivity contribution in [3.63, 3.8) is 0 Å². The summed E-state index contributed by atoms with van der Waals surface area (Å²) in [5.74, 6) is 0.908. The summed E-state index contributed by atoms with van der Waals surface area (Å²) >= 11 is 2.33. The van der Waals surface area contributed by atoms with E-state index in [1.807, 2.05) is 0 Å². The van der Waals surface area contributed by atoms with Crippen molar-refractivity contribution in [3.8, 4) is 0 Å². The summed E-state index contributed by atoms with van der Waals surface area (Å²) in [5, 5.41) is 0. The minimum atomic E-state index is 0.424. The topological polar surface area (TPSA) is 17.1 Å². The van der Waals surface area contributed by atoms with Gasteiger partial charge in [-0.2, -0.15) is 0 Å². The molecule has 2 heteroatoms. The number of aryl methyl sites for hydroxylation is 1. The van der Waals surface area contributed by atoms with Crippen LogP contribution in [-0.4, -0.2) is 5.78 Å². The molecule has 0 heterocycles. The Kier molecular flexibility index (Phi) is 2.91. The van der Waals surface area contributed by atoms with Gasteiger partial charge in [-0.25, -0.2) is 0 Å². The molecule has 0 spiro atoms. The molecule has 1 aromatic carbocycles. The predicted molar refractivity (Wildman–Crippen MR) is 65.5 cm³/mol. The lowest BCUT2D eigenvalue weighted by Gasteiger charge is -2.12. The number of rotatable bonds is 1. The van der Waals surface area contributed by atoms with Crippen molar-refractivity contribution < 1.29 is 4.79 Å². The fraction of sp³-hybridized carbons (Fsp3) is 0.417. The van der Waals surface area contributed by atoms with Crippen LogP contribution in [-0.2, 0) is 4.79 Å². The van der Waals surface area contributed by atoms with E-state index in [1.165, 1.54) is 14.7 Å². The second kappa shape index (κ2) is 4.01. The van der Waals surface area contributed by atoms with E-state index in [4.69, 9.17) is 0 Å². The van der Waals surface area contributed by atoms with Crippen molar-refractivity contribution >= 4 is 28.4 Å².